The Balaban J connectivity index is 0. The minimum Gasteiger partial charge on any atom is -0.314 e. The molecule has 0 saturated carbocycles. The molecule has 1 aliphatic heterocycles. The lowest BCUT2D eigenvalue weighted by Gasteiger charge is -2.27. The Morgan fingerprint density at radius 1 is 1.11 bits per heavy atom. The van der Waals surface area contributed by atoms with E-state index in [0.717, 1.165) is 39.1 Å². The summed E-state index contributed by atoms with van der Waals surface area (Å²) in [4.78, 5) is 2.25. The first kappa shape index (κ1) is 20.7. The van der Waals surface area contributed by atoms with Gasteiger partial charge in [0.1, 0.15) is 0 Å². The first-order chi connectivity index (χ1) is 7.64. The Kier molecular flexibility index (Phi) is 12.9. The molecular weight excluding hydrogens is 299 g/mol. The number of nitrogens with one attached hydrogen (secondary N) is 3. The SMILES string of the molecule is CCCNS(=O)(=O)NCCN1CCNCC1.Cl.Cl. The highest BCUT2D eigenvalue weighted by Crippen LogP contribution is 1.90. The summed E-state index contributed by atoms with van der Waals surface area (Å²) >= 11 is 0. The second-order valence-electron chi connectivity index (χ2n) is 3.88. The van der Waals surface area contributed by atoms with Crippen molar-refractivity contribution in [1.82, 2.24) is 19.7 Å². The molecule has 9 heteroatoms. The molecule has 0 spiro atoms. The van der Waals surface area contributed by atoms with Crippen LogP contribution in [-0.4, -0.2) is 59.1 Å². The van der Waals surface area contributed by atoms with E-state index < -0.39 is 10.2 Å². The predicted molar refractivity (Wildman–Crippen MR) is 79.0 cm³/mol. The minimum absolute atomic E-state index is 0. The number of hydrogen-bond donors (Lipinski definition) is 3. The molecule has 1 rings (SSSR count). The van der Waals surface area contributed by atoms with Crippen LogP contribution in [0.25, 0.3) is 0 Å². The summed E-state index contributed by atoms with van der Waals surface area (Å²) in [6.07, 6.45) is 0.804. The van der Waals surface area contributed by atoms with Crippen LogP contribution in [-0.2, 0) is 10.2 Å². The smallest absolute Gasteiger partial charge is 0.276 e. The molecule has 1 saturated heterocycles. The van der Waals surface area contributed by atoms with Gasteiger partial charge in [-0.05, 0) is 6.42 Å². The zero-order valence-corrected chi connectivity index (χ0v) is 13.1. The van der Waals surface area contributed by atoms with Crippen molar-refractivity contribution in [2.75, 3.05) is 45.8 Å². The van der Waals surface area contributed by atoms with Crippen LogP contribution in [0.15, 0.2) is 0 Å². The fourth-order valence-corrected chi connectivity index (χ4v) is 2.50. The van der Waals surface area contributed by atoms with Crippen molar-refractivity contribution >= 4 is 35.0 Å². The Labute approximate surface area is 122 Å². The van der Waals surface area contributed by atoms with E-state index in [1.54, 1.807) is 0 Å². The molecule has 0 unspecified atom stereocenters. The summed E-state index contributed by atoms with van der Waals surface area (Å²) < 4.78 is 27.8. The lowest BCUT2D eigenvalue weighted by Crippen LogP contribution is -2.47. The number of piperazine rings is 1. The van der Waals surface area contributed by atoms with Crippen molar-refractivity contribution in [3.63, 3.8) is 0 Å². The zero-order valence-electron chi connectivity index (χ0n) is 10.6. The number of nitrogens with zero attached hydrogens (tertiary/aromatic N) is 1. The van der Waals surface area contributed by atoms with Gasteiger partial charge in [-0.3, -0.25) is 4.90 Å². The molecule has 0 bridgehead atoms. The topological polar surface area (TPSA) is 73.5 Å². The fraction of sp³-hybridized carbons (Fsp3) is 1.00. The van der Waals surface area contributed by atoms with E-state index in [1.165, 1.54) is 0 Å². The highest BCUT2D eigenvalue weighted by atomic mass is 35.5. The molecule has 0 aromatic heterocycles. The van der Waals surface area contributed by atoms with Crippen LogP contribution in [0.2, 0.25) is 0 Å². The first-order valence-corrected chi connectivity index (χ1v) is 7.29. The van der Waals surface area contributed by atoms with Gasteiger partial charge >= 0.3 is 0 Å². The van der Waals surface area contributed by atoms with Gasteiger partial charge in [0.05, 0.1) is 0 Å². The van der Waals surface area contributed by atoms with Gasteiger partial charge in [0.15, 0.2) is 0 Å². The maximum absolute atomic E-state index is 11.4. The van der Waals surface area contributed by atoms with Gasteiger partial charge in [-0.15, -0.1) is 24.8 Å². The van der Waals surface area contributed by atoms with E-state index in [2.05, 4.69) is 19.7 Å². The summed E-state index contributed by atoms with van der Waals surface area (Å²) in [7, 11) is -3.29. The van der Waals surface area contributed by atoms with Gasteiger partial charge in [-0.25, -0.2) is 9.44 Å². The van der Waals surface area contributed by atoms with E-state index in [4.69, 9.17) is 0 Å². The van der Waals surface area contributed by atoms with Crippen molar-refractivity contribution in [3.8, 4) is 0 Å². The molecule has 3 N–H and O–H groups in total. The number of rotatable bonds is 7. The van der Waals surface area contributed by atoms with Gasteiger partial charge in [0, 0.05) is 45.8 Å². The van der Waals surface area contributed by atoms with Gasteiger partial charge in [0.2, 0.25) is 0 Å². The average molecular weight is 323 g/mol. The third-order valence-corrected chi connectivity index (χ3v) is 3.64. The zero-order chi connectivity index (χ0) is 11.9. The molecule has 112 valence electrons. The fourth-order valence-electron chi connectivity index (χ4n) is 1.56. The predicted octanol–water partition coefficient (Wildman–Crippen LogP) is -0.431. The summed E-state index contributed by atoms with van der Waals surface area (Å²) in [6.45, 7) is 7.62. The largest absolute Gasteiger partial charge is 0.314 e. The van der Waals surface area contributed by atoms with Crippen LogP contribution < -0.4 is 14.8 Å². The average Bonchev–Trinajstić information content (AvgIpc) is 2.28. The van der Waals surface area contributed by atoms with Crippen LogP contribution >= 0.6 is 24.8 Å². The molecule has 1 fully saturated rings. The van der Waals surface area contributed by atoms with Gasteiger partial charge < -0.3 is 5.32 Å². The third kappa shape index (κ3) is 9.32. The molecule has 0 amide bonds. The van der Waals surface area contributed by atoms with Gasteiger partial charge in [-0.2, -0.15) is 8.42 Å². The van der Waals surface area contributed by atoms with Crippen molar-refractivity contribution in [2.45, 2.75) is 13.3 Å². The van der Waals surface area contributed by atoms with Crippen molar-refractivity contribution in [1.29, 1.82) is 0 Å². The third-order valence-electron chi connectivity index (χ3n) is 2.47. The van der Waals surface area contributed by atoms with E-state index in [1.807, 2.05) is 6.92 Å². The summed E-state index contributed by atoms with van der Waals surface area (Å²) in [5.74, 6) is 0. The van der Waals surface area contributed by atoms with Crippen molar-refractivity contribution < 1.29 is 8.42 Å². The lowest BCUT2D eigenvalue weighted by molar-refractivity contribution is 0.245. The lowest BCUT2D eigenvalue weighted by atomic mass is 10.3. The Bertz CT molecular complexity index is 284. The Morgan fingerprint density at radius 2 is 1.67 bits per heavy atom. The van der Waals surface area contributed by atoms with E-state index in [0.29, 0.717) is 13.1 Å². The molecule has 0 radical (unpaired) electrons. The van der Waals surface area contributed by atoms with E-state index in [9.17, 15) is 8.42 Å². The molecule has 0 aromatic rings. The van der Waals surface area contributed by atoms with Crippen molar-refractivity contribution in [2.24, 2.45) is 0 Å². The molecule has 0 aliphatic carbocycles. The normalized spacial score (nSPS) is 16.7. The molecule has 1 aliphatic rings. The number of hydrogen-bond acceptors (Lipinski definition) is 4. The highest BCUT2D eigenvalue weighted by Gasteiger charge is 2.11. The second kappa shape index (κ2) is 11.2. The molecule has 18 heavy (non-hydrogen) atoms. The maximum atomic E-state index is 11.4. The standard InChI is InChI=1S/C9H22N4O2S.2ClH/c1-2-3-11-16(14,15)12-6-9-13-7-4-10-5-8-13;;/h10-12H,2-9H2,1H3;2*1H. The quantitative estimate of drug-likeness (QED) is 0.594. The van der Waals surface area contributed by atoms with Crippen LogP contribution in [0.3, 0.4) is 0 Å². The molecule has 0 atom stereocenters. The monoisotopic (exact) mass is 322 g/mol. The summed E-state index contributed by atoms with van der Waals surface area (Å²) in [5, 5.41) is 3.26. The molecular formula is C9H24Cl2N4O2S. The van der Waals surface area contributed by atoms with Crippen LogP contribution in [0, 0.1) is 0 Å². The Morgan fingerprint density at radius 3 is 2.22 bits per heavy atom. The molecule has 1 heterocycles. The van der Waals surface area contributed by atoms with E-state index >= 15 is 0 Å². The first-order valence-electron chi connectivity index (χ1n) is 5.81. The minimum atomic E-state index is -3.29. The van der Waals surface area contributed by atoms with Crippen molar-refractivity contribution in [3.05, 3.63) is 0 Å². The van der Waals surface area contributed by atoms with Crippen LogP contribution in [0.1, 0.15) is 13.3 Å². The van der Waals surface area contributed by atoms with Gasteiger partial charge in [0.25, 0.3) is 10.2 Å². The second-order valence-corrected chi connectivity index (χ2v) is 5.47. The van der Waals surface area contributed by atoms with Crippen LogP contribution in [0.4, 0.5) is 0 Å². The number of halogens is 2. The maximum Gasteiger partial charge on any atom is 0.276 e. The highest BCUT2D eigenvalue weighted by molar-refractivity contribution is 7.87. The summed E-state index contributed by atoms with van der Waals surface area (Å²) in [6, 6.07) is 0. The summed E-state index contributed by atoms with van der Waals surface area (Å²) in [5.41, 5.74) is 0. The Hall–Kier alpha value is 0.370. The van der Waals surface area contributed by atoms with Crippen LogP contribution in [0.5, 0.6) is 0 Å². The molecule has 0 aromatic carbocycles. The molecule has 6 nitrogen and oxygen atoms in total. The van der Waals surface area contributed by atoms with Gasteiger partial charge in [-0.1, -0.05) is 6.92 Å². The van der Waals surface area contributed by atoms with E-state index in [-0.39, 0.29) is 24.8 Å².